The Morgan fingerprint density at radius 3 is 2.00 bits per heavy atom. The van der Waals surface area contributed by atoms with Crippen molar-refractivity contribution in [2.45, 2.75) is 138 Å². The molecule has 2 atom stereocenters. The largest absolute Gasteiger partial charge is 0.378 e. The van der Waals surface area contributed by atoms with E-state index in [2.05, 4.69) is 71.3 Å². The molecule has 0 aromatic carbocycles. The van der Waals surface area contributed by atoms with Gasteiger partial charge in [0.15, 0.2) is 0 Å². The molecule has 214 valence electrons. The molecular weight excluding hydrogens is 454 g/mol. The Labute approximate surface area is 222 Å². The van der Waals surface area contributed by atoms with Crippen LogP contribution in [-0.2, 0) is 19.1 Å². The monoisotopic (exact) mass is 513 g/mol. The number of amides is 2. The predicted molar refractivity (Wildman–Crippen MR) is 150 cm³/mol. The van der Waals surface area contributed by atoms with Crippen LogP contribution in [0.5, 0.6) is 0 Å². The molecule has 0 aliphatic heterocycles. The van der Waals surface area contributed by atoms with Crippen molar-refractivity contribution in [2.24, 2.45) is 10.8 Å². The third-order valence-electron chi connectivity index (χ3n) is 5.80. The van der Waals surface area contributed by atoms with Gasteiger partial charge in [0.05, 0.1) is 11.7 Å². The molecule has 7 nitrogen and oxygen atoms in total. The van der Waals surface area contributed by atoms with Crippen LogP contribution >= 0.6 is 0 Å². The van der Waals surface area contributed by atoms with E-state index in [1.807, 2.05) is 27.7 Å². The summed E-state index contributed by atoms with van der Waals surface area (Å²) in [6.45, 7) is 27.5. The van der Waals surface area contributed by atoms with Crippen molar-refractivity contribution >= 4 is 11.8 Å². The Balaban J connectivity index is 4.08. The summed E-state index contributed by atoms with van der Waals surface area (Å²) in [4.78, 5) is 24.5. The molecular formula is C29H59N3O4. The fraction of sp³-hybridized carbons (Fsp3) is 0.931. The lowest BCUT2D eigenvalue weighted by Gasteiger charge is -2.37. The SMILES string of the molecule is CC(CCOC(C)CCCNC(=O)CC(C)(C)CC(C)(C)CNC(C)(C)C)NC(=O)COC(C)(C)C. The zero-order valence-electron chi connectivity index (χ0n) is 25.7. The minimum Gasteiger partial charge on any atom is -0.378 e. The van der Waals surface area contributed by atoms with Gasteiger partial charge in [-0.15, -0.1) is 0 Å². The third-order valence-corrected chi connectivity index (χ3v) is 5.80. The number of hydrogen-bond acceptors (Lipinski definition) is 5. The van der Waals surface area contributed by atoms with Crippen LogP contribution in [0.25, 0.3) is 0 Å². The Hall–Kier alpha value is -1.18. The highest BCUT2D eigenvalue weighted by molar-refractivity contribution is 5.77. The summed E-state index contributed by atoms with van der Waals surface area (Å²) >= 11 is 0. The summed E-state index contributed by atoms with van der Waals surface area (Å²) in [5.41, 5.74) is -0.177. The molecule has 3 N–H and O–H groups in total. The van der Waals surface area contributed by atoms with E-state index in [0.29, 0.717) is 19.6 Å². The minimum atomic E-state index is -0.324. The summed E-state index contributed by atoms with van der Waals surface area (Å²) in [6, 6.07) is 0.0325. The minimum absolute atomic E-state index is 0.0325. The van der Waals surface area contributed by atoms with Crippen molar-refractivity contribution in [2.75, 3.05) is 26.3 Å². The van der Waals surface area contributed by atoms with Gasteiger partial charge in [-0.05, 0) is 91.9 Å². The average Bonchev–Trinajstić information content (AvgIpc) is 2.66. The molecule has 0 bridgehead atoms. The zero-order chi connectivity index (χ0) is 28.2. The Morgan fingerprint density at radius 2 is 1.44 bits per heavy atom. The first kappa shape index (κ1) is 34.8. The van der Waals surface area contributed by atoms with Gasteiger partial charge in [0, 0.05) is 37.7 Å². The van der Waals surface area contributed by atoms with Gasteiger partial charge in [-0.3, -0.25) is 9.59 Å². The highest BCUT2D eigenvalue weighted by Crippen LogP contribution is 2.36. The van der Waals surface area contributed by atoms with Gasteiger partial charge in [0.2, 0.25) is 11.8 Å². The topological polar surface area (TPSA) is 88.7 Å². The molecule has 0 spiro atoms. The van der Waals surface area contributed by atoms with Gasteiger partial charge in [-0.25, -0.2) is 0 Å². The average molecular weight is 514 g/mol. The molecule has 0 aliphatic carbocycles. The number of carbonyl (C=O) groups is 2. The molecule has 0 radical (unpaired) electrons. The van der Waals surface area contributed by atoms with Gasteiger partial charge in [-0.1, -0.05) is 27.7 Å². The van der Waals surface area contributed by atoms with Crippen LogP contribution in [0.4, 0.5) is 0 Å². The Kier molecular flexibility index (Phi) is 14.8. The van der Waals surface area contributed by atoms with Gasteiger partial charge in [0.25, 0.3) is 0 Å². The molecule has 36 heavy (non-hydrogen) atoms. The molecule has 0 aromatic rings. The number of hydrogen-bond donors (Lipinski definition) is 3. The van der Waals surface area contributed by atoms with E-state index in [-0.39, 0.29) is 52.5 Å². The van der Waals surface area contributed by atoms with Crippen LogP contribution in [0, 0.1) is 10.8 Å². The van der Waals surface area contributed by atoms with Crippen LogP contribution in [0.2, 0.25) is 0 Å². The molecule has 0 aliphatic rings. The third kappa shape index (κ3) is 21.0. The van der Waals surface area contributed by atoms with Crippen LogP contribution in [0.15, 0.2) is 0 Å². The summed E-state index contributed by atoms with van der Waals surface area (Å²) in [5, 5.41) is 9.62. The smallest absolute Gasteiger partial charge is 0.246 e. The lowest BCUT2D eigenvalue weighted by atomic mass is 9.73. The molecule has 0 heterocycles. The van der Waals surface area contributed by atoms with Crippen molar-refractivity contribution < 1.29 is 19.1 Å². The fourth-order valence-electron chi connectivity index (χ4n) is 4.24. The first-order valence-corrected chi connectivity index (χ1v) is 13.8. The second-order valence-corrected chi connectivity index (χ2v) is 14.1. The lowest BCUT2D eigenvalue weighted by molar-refractivity contribution is -0.131. The molecule has 0 saturated carbocycles. The molecule has 0 rings (SSSR count). The van der Waals surface area contributed by atoms with Crippen LogP contribution in [0.3, 0.4) is 0 Å². The molecule has 0 aromatic heterocycles. The van der Waals surface area contributed by atoms with Crippen molar-refractivity contribution in [3.63, 3.8) is 0 Å². The summed E-state index contributed by atoms with van der Waals surface area (Å²) in [7, 11) is 0. The fourth-order valence-corrected chi connectivity index (χ4v) is 4.24. The molecule has 2 unspecified atom stereocenters. The lowest BCUT2D eigenvalue weighted by Crippen LogP contribution is -2.43. The number of rotatable bonds is 17. The first-order valence-electron chi connectivity index (χ1n) is 13.8. The van der Waals surface area contributed by atoms with E-state index in [4.69, 9.17) is 9.47 Å². The highest BCUT2D eigenvalue weighted by atomic mass is 16.5. The molecule has 7 heteroatoms. The molecule has 0 fully saturated rings. The second-order valence-electron chi connectivity index (χ2n) is 14.1. The Bertz CT molecular complexity index is 648. The number of ether oxygens (including phenoxy) is 2. The first-order chi connectivity index (χ1) is 16.2. The van der Waals surface area contributed by atoms with Crippen LogP contribution in [-0.4, -0.2) is 61.4 Å². The normalized spacial score (nSPS) is 14.9. The van der Waals surface area contributed by atoms with Crippen molar-refractivity contribution in [1.82, 2.24) is 16.0 Å². The quantitative estimate of drug-likeness (QED) is 0.232. The van der Waals surface area contributed by atoms with Gasteiger partial charge in [0.1, 0.15) is 6.61 Å². The Morgan fingerprint density at radius 1 is 0.833 bits per heavy atom. The van der Waals surface area contributed by atoms with Gasteiger partial charge in [-0.2, -0.15) is 0 Å². The van der Waals surface area contributed by atoms with E-state index in [1.165, 1.54) is 0 Å². The summed E-state index contributed by atoms with van der Waals surface area (Å²) in [6.07, 6.45) is 4.13. The van der Waals surface area contributed by atoms with Gasteiger partial charge < -0.3 is 25.4 Å². The maximum Gasteiger partial charge on any atom is 0.246 e. The van der Waals surface area contributed by atoms with E-state index in [1.54, 1.807) is 0 Å². The summed E-state index contributed by atoms with van der Waals surface area (Å²) < 4.78 is 11.4. The van der Waals surface area contributed by atoms with E-state index >= 15 is 0 Å². The highest BCUT2D eigenvalue weighted by Gasteiger charge is 2.31. The van der Waals surface area contributed by atoms with Crippen LogP contribution < -0.4 is 16.0 Å². The van der Waals surface area contributed by atoms with Crippen molar-refractivity contribution in [3.8, 4) is 0 Å². The summed E-state index contributed by atoms with van der Waals surface area (Å²) in [5.74, 6) is 0.0164. The van der Waals surface area contributed by atoms with Crippen molar-refractivity contribution in [3.05, 3.63) is 0 Å². The van der Waals surface area contributed by atoms with E-state index in [9.17, 15) is 9.59 Å². The van der Waals surface area contributed by atoms with E-state index < -0.39 is 0 Å². The number of carbonyl (C=O) groups excluding carboxylic acids is 2. The standard InChI is InChI=1S/C29H59N3O4/c1-22(32-25(34)19-36-27(6,7)8)15-17-35-23(2)14-13-16-30-24(33)18-28(9,10)20-29(11,12)21-31-26(3,4)5/h22-23,31H,13-21H2,1-12H3,(H,30,33)(H,32,34). The maximum atomic E-state index is 12.5. The van der Waals surface area contributed by atoms with Crippen molar-refractivity contribution in [1.29, 1.82) is 0 Å². The number of nitrogens with one attached hydrogen (secondary N) is 3. The second kappa shape index (κ2) is 15.3. The maximum absolute atomic E-state index is 12.5. The molecule has 2 amide bonds. The van der Waals surface area contributed by atoms with Crippen LogP contribution in [0.1, 0.15) is 115 Å². The molecule has 0 saturated heterocycles. The van der Waals surface area contributed by atoms with E-state index in [0.717, 1.165) is 32.2 Å². The zero-order valence-corrected chi connectivity index (χ0v) is 25.7. The predicted octanol–water partition coefficient (Wildman–Crippen LogP) is 5.22. The van der Waals surface area contributed by atoms with Gasteiger partial charge >= 0.3 is 0 Å².